The molecule has 0 aliphatic carbocycles. The van der Waals surface area contributed by atoms with Crippen LogP contribution in [0.25, 0.3) is 45.1 Å². The zero-order valence-corrected chi connectivity index (χ0v) is 17.9. The highest BCUT2D eigenvalue weighted by Gasteiger charge is 2.12. The van der Waals surface area contributed by atoms with Crippen LogP contribution in [0.3, 0.4) is 0 Å². The number of nitrogens with zero attached hydrogens (tertiary/aromatic N) is 2. The Balaban J connectivity index is 1.28. The van der Waals surface area contributed by atoms with Crippen LogP contribution in [0.15, 0.2) is 104 Å². The fourth-order valence-electron chi connectivity index (χ4n) is 3.53. The van der Waals surface area contributed by atoms with E-state index >= 15 is 0 Å². The first-order chi connectivity index (χ1) is 16.1. The molecule has 0 atom stereocenters. The zero-order valence-electron chi connectivity index (χ0n) is 17.1. The molecule has 6 aromatic rings. The van der Waals surface area contributed by atoms with Gasteiger partial charge in [0.1, 0.15) is 22.5 Å². The van der Waals surface area contributed by atoms with Crippen molar-refractivity contribution in [2.24, 2.45) is 0 Å². The summed E-state index contributed by atoms with van der Waals surface area (Å²) in [6.07, 6.45) is 0. The first-order valence-corrected chi connectivity index (χ1v) is 11.0. The summed E-state index contributed by atoms with van der Waals surface area (Å²) in [7, 11) is 0. The van der Waals surface area contributed by atoms with Crippen molar-refractivity contribution in [3.63, 3.8) is 0 Å². The van der Waals surface area contributed by atoms with Gasteiger partial charge in [-0.05, 0) is 84.9 Å². The van der Waals surface area contributed by atoms with Crippen LogP contribution < -0.4 is 0 Å². The highest BCUT2D eigenvalue weighted by Crippen LogP contribution is 2.34. The molecule has 33 heavy (non-hydrogen) atoms. The highest BCUT2D eigenvalue weighted by atomic mass is 32.2. The molecule has 0 aliphatic heterocycles. The molecular formula is C26H16N2O4S. The van der Waals surface area contributed by atoms with E-state index in [2.05, 4.69) is 9.97 Å². The Kier molecular flexibility index (Phi) is 4.55. The van der Waals surface area contributed by atoms with Crippen LogP contribution in [0.1, 0.15) is 0 Å². The van der Waals surface area contributed by atoms with Gasteiger partial charge in [0.2, 0.25) is 11.8 Å². The van der Waals surface area contributed by atoms with Crippen molar-refractivity contribution in [3.05, 3.63) is 84.9 Å². The average molecular weight is 452 g/mol. The third kappa shape index (κ3) is 3.79. The van der Waals surface area contributed by atoms with Crippen LogP contribution in [-0.2, 0) is 0 Å². The molecule has 0 bridgehead atoms. The van der Waals surface area contributed by atoms with Crippen LogP contribution in [0.2, 0.25) is 0 Å². The molecule has 2 heterocycles. The molecule has 2 aromatic heterocycles. The number of hydrogen-bond donors (Lipinski definition) is 2. The third-order valence-corrected chi connectivity index (χ3v) is 6.16. The van der Waals surface area contributed by atoms with Gasteiger partial charge in [0.05, 0.1) is 0 Å². The Labute approximate surface area is 192 Å². The van der Waals surface area contributed by atoms with Gasteiger partial charge >= 0.3 is 0 Å². The summed E-state index contributed by atoms with van der Waals surface area (Å²) in [6.45, 7) is 0. The molecule has 0 spiro atoms. The van der Waals surface area contributed by atoms with Crippen molar-refractivity contribution in [2.75, 3.05) is 0 Å². The lowest BCUT2D eigenvalue weighted by atomic mass is 10.2. The number of fused-ring (bicyclic) bond motifs is 2. The summed E-state index contributed by atoms with van der Waals surface area (Å²) < 4.78 is 11.7. The minimum atomic E-state index is 0.202. The summed E-state index contributed by atoms with van der Waals surface area (Å²) in [4.78, 5) is 11.2. The fraction of sp³-hybridized carbons (Fsp3) is 0. The number of phenolic OH excluding ortho intramolecular Hbond substituents is 2. The molecule has 0 aliphatic rings. The van der Waals surface area contributed by atoms with Gasteiger partial charge in [0.15, 0.2) is 11.2 Å². The van der Waals surface area contributed by atoms with Crippen molar-refractivity contribution in [3.8, 4) is 34.4 Å². The molecule has 160 valence electrons. The smallest absolute Gasteiger partial charge is 0.227 e. The molecule has 0 unspecified atom stereocenters. The van der Waals surface area contributed by atoms with Crippen LogP contribution >= 0.6 is 11.8 Å². The lowest BCUT2D eigenvalue weighted by molar-refractivity contribution is 0.474. The highest BCUT2D eigenvalue weighted by molar-refractivity contribution is 7.99. The van der Waals surface area contributed by atoms with E-state index in [0.717, 1.165) is 32.0 Å². The van der Waals surface area contributed by atoms with Crippen LogP contribution in [-0.4, -0.2) is 20.2 Å². The van der Waals surface area contributed by atoms with Crippen molar-refractivity contribution in [1.29, 1.82) is 0 Å². The molecule has 0 saturated carbocycles. The topological polar surface area (TPSA) is 92.5 Å². The van der Waals surface area contributed by atoms with E-state index in [9.17, 15) is 10.2 Å². The van der Waals surface area contributed by atoms with Crippen LogP contribution in [0, 0.1) is 0 Å². The maximum Gasteiger partial charge on any atom is 0.227 e. The van der Waals surface area contributed by atoms with Crippen molar-refractivity contribution in [1.82, 2.24) is 9.97 Å². The predicted molar refractivity (Wildman–Crippen MR) is 126 cm³/mol. The van der Waals surface area contributed by atoms with Gasteiger partial charge in [-0.15, -0.1) is 0 Å². The van der Waals surface area contributed by atoms with Crippen molar-refractivity contribution >= 4 is 34.0 Å². The molecule has 4 aromatic carbocycles. The lowest BCUT2D eigenvalue weighted by Crippen LogP contribution is -1.77. The maximum absolute atomic E-state index is 9.48. The Morgan fingerprint density at radius 1 is 0.545 bits per heavy atom. The Hall–Kier alpha value is -4.23. The van der Waals surface area contributed by atoms with E-state index < -0.39 is 0 Å². The quantitative estimate of drug-likeness (QED) is 0.302. The summed E-state index contributed by atoms with van der Waals surface area (Å²) in [6, 6.07) is 25.3. The monoisotopic (exact) mass is 452 g/mol. The van der Waals surface area contributed by atoms with E-state index in [0.29, 0.717) is 22.9 Å². The summed E-state index contributed by atoms with van der Waals surface area (Å²) in [5.41, 5.74) is 4.54. The number of aromatic nitrogens is 2. The number of hydrogen-bond acceptors (Lipinski definition) is 7. The van der Waals surface area contributed by atoms with Gasteiger partial charge in [-0.1, -0.05) is 11.8 Å². The summed E-state index contributed by atoms with van der Waals surface area (Å²) in [5, 5.41) is 19.0. The summed E-state index contributed by atoms with van der Waals surface area (Å²) >= 11 is 1.60. The molecular weight excluding hydrogens is 436 g/mol. The lowest BCUT2D eigenvalue weighted by Gasteiger charge is -2.00. The van der Waals surface area contributed by atoms with E-state index in [1.807, 2.05) is 36.4 Å². The largest absolute Gasteiger partial charge is 0.508 e. The van der Waals surface area contributed by atoms with Crippen LogP contribution in [0.4, 0.5) is 0 Å². The molecule has 7 heteroatoms. The minimum Gasteiger partial charge on any atom is -0.508 e. The molecule has 0 radical (unpaired) electrons. The van der Waals surface area contributed by atoms with Gasteiger partial charge in [-0.3, -0.25) is 0 Å². The minimum absolute atomic E-state index is 0.202. The number of aromatic hydroxyl groups is 2. The maximum atomic E-state index is 9.48. The van der Waals surface area contributed by atoms with E-state index in [1.165, 1.54) is 0 Å². The second-order valence-corrected chi connectivity index (χ2v) is 8.64. The Morgan fingerprint density at radius 3 is 1.39 bits per heavy atom. The summed E-state index contributed by atoms with van der Waals surface area (Å²) in [5.74, 6) is 1.43. The Bertz CT molecular complexity index is 1480. The van der Waals surface area contributed by atoms with E-state index in [1.54, 1.807) is 60.3 Å². The Morgan fingerprint density at radius 2 is 0.970 bits per heavy atom. The second kappa shape index (κ2) is 7.72. The fourth-order valence-corrected chi connectivity index (χ4v) is 4.42. The number of oxazole rings is 2. The predicted octanol–water partition coefficient (Wildman–Crippen LogP) is 6.87. The van der Waals surface area contributed by atoms with Gasteiger partial charge in [-0.2, -0.15) is 0 Å². The van der Waals surface area contributed by atoms with Gasteiger partial charge in [0, 0.05) is 20.9 Å². The molecule has 6 rings (SSSR count). The number of benzene rings is 4. The SMILES string of the molecule is Oc1ccc(-c2nc3cc(Sc4ccc5oc(-c6ccc(O)cc6)nc5c4)ccc3o2)cc1. The van der Waals surface area contributed by atoms with E-state index in [-0.39, 0.29) is 11.5 Å². The zero-order chi connectivity index (χ0) is 22.4. The number of phenols is 2. The molecule has 0 fully saturated rings. The second-order valence-electron chi connectivity index (χ2n) is 7.49. The first-order valence-electron chi connectivity index (χ1n) is 10.2. The number of rotatable bonds is 4. The first kappa shape index (κ1) is 19.5. The third-order valence-electron chi connectivity index (χ3n) is 5.18. The van der Waals surface area contributed by atoms with Gasteiger partial charge in [-0.25, -0.2) is 9.97 Å². The van der Waals surface area contributed by atoms with Crippen LogP contribution in [0.5, 0.6) is 11.5 Å². The standard InChI is InChI=1S/C26H16N2O4S/c29-17-5-1-15(2-6-17)25-27-21-13-19(9-11-23(21)31-25)33-20-10-12-24-22(14-20)28-26(32-24)16-3-7-18(30)8-4-16/h1-14,29-30H. The molecule has 0 amide bonds. The van der Waals surface area contributed by atoms with Gasteiger partial charge in [0.25, 0.3) is 0 Å². The average Bonchev–Trinajstić information content (AvgIpc) is 3.44. The van der Waals surface area contributed by atoms with Gasteiger partial charge < -0.3 is 19.0 Å². The van der Waals surface area contributed by atoms with E-state index in [4.69, 9.17) is 8.83 Å². The molecule has 2 N–H and O–H groups in total. The molecule has 6 nitrogen and oxygen atoms in total. The normalized spacial score (nSPS) is 11.4. The van der Waals surface area contributed by atoms with Crippen molar-refractivity contribution in [2.45, 2.75) is 9.79 Å². The van der Waals surface area contributed by atoms with Crippen molar-refractivity contribution < 1.29 is 19.0 Å². The molecule has 0 saturated heterocycles.